The van der Waals surface area contributed by atoms with Crippen molar-refractivity contribution in [3.63, 3.8) is 0 Å². The summed E-state index contributed by atoms with van der Waals surface area (Å²) in [5.74, 6) is -1.58. The normalized spacial score (nSPS) is 14.2. The molecule has 50 heavy (non-hydrogen) atoms. The summed E-state index contributed by atoms with van der Waals surface area (Å²) in [5, 5.41) is 8.44. The Labute approximate surface area is 289 Å². The molecule has 1 aliphatic rings. The monoisotopic (exact) mass is 689 g/mol. The van der Waals surface area contributed by atoms with Crippen molar-refractivity contribution < 1.29 is 26.2 Å². The van der Waals surface area contributed by atoms with E-state index in [1.165, 1.54) is 18.2 Å². The molecule has 0 radical (unpaired) electrons. The highest BCUT2D eigenvalue weighted by Crippen LogP contribution is 2.48. The molecule has 7 rings (SSSR count). The fourth-order valence-corrected chi connectivity index (χ4v) is 6.79. The average molecular weight is 690 g/mol. The smallest absolute Gasteiger partial charge is 0.264 e. The van der Waals surface area contributed by atoms with Gasteiger partial charge in [0, 0.05) is 11.5 Å². The lowest BCUT2D eigenvalue weighted by molar-refractivity contribution is -0.122. The van der Waals surface area contributed by atoms with Crippen molar-refractivity contribution in [2.75, 3.05) is 18.2 Å². The second kappa shape index (κ2) is 13.1. The SMILES string of the molecule is CS(=O)(=O)OCC1(C(=O)Nc2cc3c(/C=C/c4ccc(F)cc4)nn(C(c4ccccc4)(c4ccccc4)c4ccccc4)c3cc2F)CC1. The Bertz CT molecular complexity index is 2210. The molecule has 0 bridgehead atoms. The molecule has 0 unspecified atom stereocenters. The molecule has 0 aliphatic heterocycles. The number of hydrogen-bond acceptors (Lipinski definition) is 5. The molecule has 0 saturated heterocycles. The number of aromatic nitrogens is 2. The van der Waals surface area contributed by atoms with E-state index in [9.17, 15) is 17.6 Å². The summed E-state index contributed by atoms with van der Waals surface area (Å²) in [5.41, 5.74) is 2.11. The summed E-state index contributed by atoms with van der Waals surface area (Å²) < 4.78 is 60.1. The molecule has 1 saturated carbocycles. The fraction of sp³-hybridized carbons (Fsp3) is 0.150. The molecule has 1 aliphatic carbocycles. The van der Waals surface area contributed by atoms with E-state index in [0.29, 0.717) is 29.4 Å². The number of nitrogens with one attached hydrogen (secondary N) is 1. The number of amides is 1. The summed E-state index contributed by atoms with van der Waals surface area (Å²) in [6.07, 6.45) is 5.33. The predicted octanol–water partition coefficient (Wildman–Crippen LogP) is 8.02. The first-order chi connectivity index (χ1) is 24.1. The standard InChI is InChI=1S/C40H33F2N3O4S/c1-50(47,48)49-27-39(23-24-39)38(46)43-36-25-33-35(22-19-28-17-20-32(41)21-18-28)44-45(37(33)26-34(36)42)40(29-11-5-2-6-12-29,30-13-7-3-8-14-30)31-15-9-4-10-16-31/h2-22,25-26H,23-24,27H2,1H3,(H,43,46)/b22-19+. The van der Waals surface area contributed by atoms with Gasteiger partial charge in [-0.3, -0.25) is 8.98 Å². The van der Waals surface area contributed by atoms with Gasteiger partial charge in [-0.05, 0) is 59.4 Å². The molecule has 0 atom stereocenters. The van der Waals surface area contributed by atoms with E-state index in [2.05, 4.69) is 5.32 Å². The molecule has 252 valence electrons. The summed E-state index contributed by atoms with van der Waals surface area (Å²) in [6.45, 7) is -0.321. The molecular formula is C40H33F2N3O4S. The van der Waals surface area contributed by atoms with Gasteiger partial charge in [0.25, 0.3) is 10.1 Å². The van der Waals surface area contributed by atoms with Crippen LogP contribution in [0.25, 0.3) is 23.1 Å². The lowest BCUT2D eigenvalue weighted by atomic mass is 9.77. The van der Waals surface area contributed by atoms with E-state index in [-0.39, 0.29) is 18.1 Å². The summed E-state index contributed by atoms with van der Waals surface area (Å²) in [4.78, 5) is 13.4. The number of fused-ring (bicyclic) bond motifs is 1. The third-order valence-electron chi connectivity index (χ3n) is 9.13. The molecule has 7 nitrogen and oxygen atoms in total. The van der Waals surface area contributed by atoms with Crippen LogP contribution < -0.4 is 5.32 Å². The summed E-state index contributed by atoms with van der Waals surface area (Å²) >= 11 is 0. The van der Waals surface area contributed by atoms with E-state index >= 15 is 4.39 Å². The number of anilines is 1. The van der Waals surface area contributed by atoms with Crippen molar-refractivity contribution in [3.05, 3.63) is 167 Å². The van der Waals surface area contributed by atoms with Crippen molar-refractivity contribution in [2.45, 2.75) is 18.4 Å². The van der Waals surface area contributed by atoms with Crippen LogP contribution in [-0.4, -0.2) is 37.0 Å². The summed E-state index contributed by atoms with van der Waals surface area (Å²) in [6, 6.07) is 38.5. The van der Waals surface area contributed by atoms with Crippen molar-refractivity contribution in [3.8, 4) is 0 Å². The highest BCUT2D eigenvalue weighted by atomic mass is 32.2. The van der Waals surface area contributed by atoms with Crippen molar-refractivity contribution >= 4 is 44.8 Å². The van der Waals surface area contributed by atoms with Gasteiger partial charge >= 0.3 is 0 Å². The molecule has 1 aromatic heterocycles. The molecule has 5 aromatic carbocycles. The van der Waals surface area contributed by atoms with Crippen LogP contribution in [-0.2, 0) is 24.6 Å². The first-order valence-corrected chi connectivity index (χ1v) is 17.9. The highest BCUT2D eigenvalue weighted by Gasteiger charge is 2.51. The Morgan fingerprint density at radius 3 is 1.88 bits per heavy atom. The van der Waals surface area contributed by atoms with Gasteiger partial charge in [-0.2, -0.15) is 13.5 Å². The van der Waals surface area contributed by atoms with Crippen LogP contribution in [0.3, 0.4) is 0 Å². The second-order valence-electron chi connectivity index (χ2n) is 12.5. The van der Waals surface area contributed by atoms with Gasteiger partial charge in [0.2, 0.25) is 5.91 Å². The van der Waals surface area contributed by atoms with Gasteiger partial charge in [0.1, 0.15) is 17.2 Å². The van der Waals surface area contributed by atoms with E-state index < -0.39 is 32.8 Å². The van der Waals surface area contributed by atoms with Gasteiger partial charge in [-0.15, -0.1) is 0 Å². The van der Waals surface area contributed by atoms with Crippen LogP contribution >= 0.6 is 0 Å². The van der Waals surface area contributed by atoms with Crippen molar-refractivity contribution in [1.29, 1.82) is 0 Å². The van der Waals surface area contributed by atoms with Crippen LogP contribution in [0.1, 0.15) is 40.8 Å². The Balaban J connectivity index is 1.45. The second-order valence-corrected chi connectivity index (χ2v) is 14.2. The number of nitrogens with zero attached hydrogens (tertiary/aromatic N) is 2. The van der Waals surface area contributed by atoms with Gasteiger partial charge in [-0.25, -0.2) is 13.5 Å². The molecule has 0 spiro atoms. The van der Waals surface area contributed by atoms with Gasteiger partial charge in [0.05, 0.1) is 35.2 Å². The van der Waals surface area contributed by atoms with Gasteiger partial charge in [0.15, 0.2) is 0 Å². The van der Waals surface area contributed by atoms with Crippen molar-refractivity contribution in [2.24, 2.45) is 5.41 Å². The largest absolute Gasteiger partial charge is 0.323 e. The van der Waals surface area contributed by atoms with Crippen LogP contribution in [0.5, 0.6) is 0 Å². The quantitative estimate of drug-likeness (QED) is 0.110. The Hall–Kier alpha value is -5.45. The third kappa shape index (κ3) is 6.35. The maximum atomic E-state index is 16.3. The number of carbonyl (C=O) groups excluding carboxylic acids is 1. The maximum Gasteiger partial charge on any atom is 0.264 e. The molecule has 1 amide bonds. The maximum absolute atomic E-state index is 16.3. The zero-order valence-corrected chi connectivity index (χ0v) is 27.9. The molecule has 1 heterocycles. The zero-order chi connectivity index (χ0) is 34.9. The minimum Gasteiger partial charge on any atom is -0.323 e. The van der Waals surface area contributed by atoms with Crippen LogP contribution in [0.2, 0.25) is 0 Å². The number of carbonyl (C=O) groups is 1. The lowest BCUT2D eigenvalue weighted by Crippen LogP contribution is -2.38. The molecular weight excluding hydrogens is 657 g/mol. The molecule has 10 heteroatoms. The van der Waals surface area contributed by atoms with E-state index in [1.54, 1.807) is 30.4 Å². The van der Waals surface area contributed by atoms with Crippen molar-refractivity contribution in [1.82, 2.24) is 9.78 Å². The lowest BCUT2D eigenvalue weighted by Gasteiger charge is -2.37. The Kier molecular flexibility index (Phi) is 8.67. The van der Waals surface area contributed by atoms with Crippen LogP contribution in [0.4, 0.5) is 14.5 Å². The summed E-state index contributed by atoms with van der Waals surface area (Å²) in [7, 11) is -3.77. The Morgan fingerprint density at radius 1 is 0.840 bits per heavy atom. The molecule has 6 aromatic rings. The average Bonchev–Trinajstić information content (AvgIpc) is 3.85. The Morgan fingerprint density at radius 2 is 1.38 bits per heavy atom. The predicted molar refractivity (Wildman–Crippen MR) is 191 cm³/mol. The minimum atomic E-state index is -3.77. The van der Waals surface area contributed by atoms with E-state index in [4.69, 9.17) is 9.28 Å². The first-order valence-electron chi connectivity index (χ1n) is 16.1. The topological polar surface area (TPSA) is 90.3 Å². The highest BCUT2D eigenvalue weighted by molar-refractivity contribution is 7.86. The first kappa shape index (κ1) is 33.1. The number of benzene rings is 5. The third-order valence-corrected chi connectivity index (χ3v) is 9.67. The fourth-order valence-electron chi connectivity index (χ4n) is 6.35. The number of halogens is 2. The minimum absolute atomic E-state index is 0.0751. The van der Waals surface area contributed by atoms with Crippen LogP contribution in [0.15, 0.2) is 127 Å². The van der Waals surface area contributed by atoms with E-state index in [0.717, 1.165) is 28.5 Å². The molecule has 1 fully saturated rings. The molecule has 1 N–H and O–H groups in total. The number of hydrogen-bond donors (Lipinski definition) is 1. The van der Waals surface area contributed by atoms with Gasteiger partial charge in [-0.1, -0.05) is 109 Å². The van der Waals surface area contributed by atoms with Crippen LogP contribution in [0, 0.1) is 17.0 Å². The number of rotatable bonds is 11. The van der Waals surface area contributed by atoms with E-state index in [1.807, 2.05) is 95.7 Å². The van der Waals surface area contributed by atoms with Gasteiger partial charge < -0.3 is 5.32 Å². The zero-order valence-electron chi connectivity index (χ0n) is 27.1.